The molecule has 29 heavy (non-hydrogen) atoms. The van der Waals surface area contributed by atoms with Crippen molar-refractivity contribution in [3.63, 3.8) is 0 Å². The van der Waals surface area contributed by atoms with Crippen LogP contribution in [0.5, 0.6) is 0 Å². The predicted molar refractivity (Wildman–Crippen MR) is 118 cm³/mol. The molecule has 1 saturated carbocycles. The smallest absolute Gasteiger partial charge is 0.306 e. The fourth-order valence-corrected chi connectivity index (χ4v) is 5.22. The highest BCUT2D eigenvalue weighted by Crippen LogP contribution is 2.58. The summed E-state index contributed by atoms with van der Waals surface area (Å²) in [4.78, 5) is 11.9. The van der Waals surface area contributed by atoms with Crippen molar-refractivity contribution in [1.82, 2.24) is 0 Å². The summed E-state index contributed by atoms with van der Waals surface area (Å²) in [6.07, 6.45) is 17.1. The number of hydrogen-bond donors (Lipinski definition) is 0. The van der Waals surface area contributed by atoms with Gasteiger partial charge >= 0.3 is 5.97 Å². The molecule has 168 valence electrons. The van der Waals surface area contributed by atoms with Crippen molar-refractivity contribution < 1.29 is 19.0 Å². The van der Waals surface area contributed by atoms with Crippen LogP contribution in [0, 0.1) is 5.41 Å². The van der Waals surface area contributed by atoms with Crippen molar-refractivity contribution in [2.45, 2.75) is 129 Å². The number of ether oxygens (including phenoxy) is 3. The summed E-state index contributed by atoms with van der Waals surface area (Å²) in [6.45, 7) is 10.8. The Morgan fingerprint density at radius 3 is 2.59 bits per heavy atom. The third-order valence-corrected chi connectivity index (χ3v) is 6.68. The molecule has 0 radical (unpaired) electrons. The van der Waals surface area contributed by atoms with E-state index in [9.17, 15) is 4.79 Å². The fraction of sp³-hybridized carbons (Fsp3) is 0.880. The molecule has 0 aromatic heterocycles. The van der Waals surface area contributed by atoms with Crippen LogP contribution in [-0.4, -0.2) is 30.6 Å². The van der Waals surface area contributed by atoms with E-state index in [4.69, 9.17) is 14.2 Å². The van der Waals surface area contributed by atoms with Crippen molar-refractivity contribution in [2.24, 2.45) is 5.41 Å². The molecule has 0 N–H and O–H groups in total. The third-order valence-electron chi connectivity index (χ3n) is 6.68. The average molecular weight is 409 g/mol. The van der Waals surface area contributed by atoms with Gasteiger partial charge in [-0.3, -0.25) is 4.79 Å². The van der Waals surface area contributed by atoms with Crippen LogP contribution in [0.15, 0.2) is 12.7 Å². The molecule has 4 heteroatoms. The lowest BCUT2D eigenvalue weighted by molar-refractivity contribution is -0.270. The van der Waals surface area contributed by atoms with Crippen molar-refractivity contribution in [1.29, 1.82) is 0 Å². The molecule has 2 fully saturated rings. The van der Waals surface area contributed by atoms with E-state index >= 15 is 0 Å². The van der Waals surface area contributed by atoms with Gasteiger partial charge in [0.05, 0.1) is 18.8 Å². The minimum absolute atomic E-state index is 0.0445. The van der Waals surface area contributed by atoms with Gasteiger partial charge in [0.15, 0.2) is 5.79 Å². The van der Waals surface area contributed by atoms with E-state index in [-0.39, 0.29) is 23.6 Å². The van der Waals surface area contributed by atoms with Gasteiger partial charge in [0.25, 0.3) is 0 Å². The summed E-state index contributed by atoms with van der Waals surface area (Å²) in [6, 6.07) is 0. The minimum atomic E-state index is -0.437. The van der Waals surface area contributed by atoms with E-state index in [1.807, 2.05) is 19.9 Å². The summed E-state index contributed by atoms with van der Waals surface area (Å²) in [5.74, 6) is -0.535. The predicted octanol–water partition coefficient (Wildman–Crippen LogP) is 6.72. The first-order valence-electron chi connectivity index (χ1n) is 12.1. The highest BCUT2D eigenvalue weighted by atomic mass is 16.7. The lowest BCUT2D eigenvalue weighted by Gasteiger charge is -2.41. The molecule has 3 atom stereocenters. The molecule has 0 amide bonds. The molecule has 4 nitrogen and oxygen atoms in total. The maximum absolute atomic E-state index is 11.9. The van der Waals surface area contributed by atoms with Crippen LogP contribution in [0.3, 0.4) is 0 Å². The van der Waals surface area contributed by atoms with Crippen molar-refractivity contribution in [2.75, 3.05) is 6.61 Å². The zero-order chi connectivity index (χ0) is 21.2. The maximum atomic E-state index is 11.9. The number of rotatable bonds is 15. The largest absolute Gasteiger partial charge is 0.463 e. The SMILES string of the molecule is C=CC[C@@]12CCC[C@]1(O[C@H](CCCCCCC)CCCC(=O)OC(C)C)OCC2. The van der Waals surface area contributed by atoms with Crippen LogP contribution < -0.4 is 0 Å². The van der Waals surface area contributed by atoms with Gasteiger partial charge in [-0.25, -0.2) is 0 Å². The van der Waals surface area contributed by atoms with E-state index in [0.717, 1.165) is 51.6 Å². The van der Waals surface area contributed by atoms with E-state index in [1.54, 1.807) is 0 Å². The maximum Gasteiger partial charge on any atom is 0.306 e. The second kappa shape index (κ2) is 12.1. The number of fused-ring (bicyclic) bond motifs is 1. The lowest BCUT2D eigenvalue weighted by Crippen LogP contribution is -2.45. The summed E-state index contributed by atoms with van der Waals surface area (Å²) in [7, 11) is 0. The van der Waals surface area contributed by atoms with Crippen molar-refractivity contribution in [3.05, 3.63) is 12.7 Å². The second-order valence-corrected chi connectivity index (χ2v) is 9.35. The quantitative estimate of drug-likeness (QED) is 0.171. The molecule has 1 heterocycles. The van der Waals surface area contributed by atoms with Gasteiger partial charge in [-0.2, -0.15) is 0 Å². The standard InChI is InChI=1S/C25H44O4/c1-5-7-8-9-10-13-22(14-11-15-23(26)28-21(3)4)29-25-18-12-17-24(25,16-6-2)19-20-27-25/h6,21-22H,2,5,7-20H2,1,3-4H3/t22-,24+,25-/m1/s1. The van der Waals surface area contributed by atoms with Crippen LogP contribution in [0.25, 0.3) is 0 Å². The molecule has 1 saturated heterocycles. The van der Waals surface area contributed by atoms with Crippen LogP contribution in [-0.2, 0) is 19.0 Å². The van der Waals surface area contributed by atoms with Gasteiger partial charge in [0.1, 0.15) is 0 Å². The highest BCUT2D eigenvalue weighted by molar-refractivity contribution is 5.69. The summed E-state index contributed by atoms with van der Waals surface area (Å²) in [5, 5.41) is 0. The molecule has 0 spiro atoms. The molecular formula is C25H44O4. The number of esters is 1. The van der Waals surface area contributed by atoms with Gasteiger partial charge < -0.3 is 14.2 Å². The van der Waals surface area contributed by atoms with Crippen LogP contribution in [0.4, 0.5) is 0 Å². The molecule has 1 aliphatic heterocycles. The number of carbonyl (C=O) groups excluding carboxylic acids is 1. The summed E-state index contributed by atoms with van der Waals surface area (Å²) < 4.78 is 18.4. The molecule has 2 aliphatic rings. The number of allylic oxidation sites excluding steroid dienone is 1. The third kappa shape index (κ3) is 6.82. The first-order valence-corrected chi connectivity index (χ1v) is 12.1. The molecule has 0 aromatic carbocycles. The second-order valence-electron chi connectivity index (χ2n) is 9.35. The minimum Gasteiger partial charge on any atom is -0.463 e. The molecule has 0 bridgehead atoms. The van der Waals surface area contributed by atoms with Crippen molar-refractivity contribution in [3.8, 4) is 0 Å². The summed E-state index contributed by atoms with van der Waals surface area (Å²) >= 11 is 0. The van der Waals surface area contributed by atoms with Gasteiger partial charge in [-0.1, -0.05) is 45.1 Å². The Labute approximate surface area is 178 Å². The Kier molecular flexibility index (Phi) is 10.2. The van der Waals surface area contributed by atoms with Crippen molar-refractivity contribution >= 4 is 5.97 Å². The van der Waals surface area contributed by atoms with Gasteiger partial charge in [-0.15, -0.1) is 6.58 Å². The highest BCUT2D eigenvalue weighted by Gasteiger charge is 2.60. The Bertz CT molecular complexity index is 489. The van der Waals surface area contributed by atoms with Gasteiger partial charge in [0.2, 0.25) is 0 Å². The monoisotopic (exact) mass is 408 g/mol. The van der Waals surface area contributed by atoms with E-state index in [2.05, 4.69) is 13.5 Å². The average Bonchev–Trinajstić information content (AvgIpc) is 3.15. The summed E-state index contributed by atoms with van der Waals surface area (Å²) in [5.41, 5.74) is 0.103. The van der Waals surface area contributed by atoms with Crippen LogP contribution in [0.1, 0.15) is 111 Å². The number of unbranched alkanes of at least 4 members (excludes halogenated alkanes) is 4. The molecule has 0 unspecified atom stereocenters. The fourth-order valence-electron chi connectivity index (χ4n) is 5.22. The van der Waals surface area contributed by atoms with Crippen LogP contribution in [0.2, 0.25) is 0 Å². The Morgan fingerprint density at radius 1 is 1.10 bits per heavy atom. The first-order chi connectivity index (χ1) is 14.0. The number of hydrogen-bond acceptors (Lipinski definition) is 4. The van der Waals surface area contributed by atoms with E-state index in [1.165, 1.54) is 38.5 Å². The zero-order valence-electron chi connectivity index (χ0n) is 19.2. The molecule has 1 aliphatic carbocycles. The normalized spacial score (nSPS) is 27.2. The first kappa shape index (κ1) is 24.4. The van der Waals surface area contributed by atoms with Gasteiger partial charge in [0, 0.05) is 18.3 Å². The number of carbonyl (C=O) groups is 1. The Morgan fingerprint density at radius 2 is 1.86 bits per heavy atom. The topological polar surface area (TPSA) is 44.8 Å². The lowest BCUT2D eigenvalue weighted by atomic mass is 9.77. The molecule has 2 rings (SSSR count). The molecular weight excluding hydrogens is 364 g/mol. The van der Waals surface area contributed by atoms with E-state index in [0.29, 0.717) is 6.42 Å². The van der Waals surface area contributed by atoms with Gasteiger partial charge in [-0.05, 0) is 58.8 Å². The molecule has 0 aromatic rings. The Hall–Kier alpha value is -0.870. The Balaban J connectivity index is 1.94. The zero-order valence-corrected chi connectivity index (χ0v) is 19.2. The van der Waals surface area contributed by atoms with E-state index < -0.39 is 5.79 Å². The van der Waals surface area contributed by atoms with Crippen LogP contribution >= 0.6 is 0 Å².